The molecule has 14 heavy (non-hydrogen) atoms. The van der Waals surface area contributed by atoms with Crippen LogP contribution < -0.4 is 0 Å². The van der Waals surface area contributed by atoms with Gasteiger partial charge in [-0.05, 0) is 38.5 Å². The van der Waals surface area contributed by atoms with Crippen LogP contribution in [0.2, 0.25) is 0 Å². The molecule has 1 aliphatic rings. The lowest BCUT2D eigenvalue weighted by atomic mass is 10.0. The van der Waals surface area contributed by atoms with Crippen molar-refractivity contribution in [2.45, 2.75) is 64.3 Å². The molecule has 1 saturated heterocycles. The van der Waals surface area contributed by atoms with E-state index in [0.29, 0.717) is 0 Å². The molecule has 2 heteroatoms. The number of hydrogen-bond acceptors (Lipinski definition) is 2. The van der Waals surface area contributed by atoms with Gasteiger partial charge in [-0.25, -0.2) is 0 Å². The smallest absolute Gasteiger partial charge is 0.0559 e. The average Bonchev–Trinajstić information content (AvgIpc) is 2.18. The highest BCUT2D eigenvalue weighted by Crippen LogP contribution is 2.27. The summed E-state index contributed by atoms with van der Waals surface area (Å²) in [6.07, 6.45) is 6.94. The summed E-state index contributed by atoms with van der Waals surface area (Å²) in [4.78, 5) is 2.74. The molecular weight excluding hydrogens is 190 g/mol. The fraction of sp³-hybridized carbons (Fsp3) is 1.00. The second-order valence-corrected chi connectivity index (χ2v) is 5.74. The minimum atomic E-state index is 0.792. The molecule has 1 heterocycles. The van der Waals surface area contributed by atoms with Crippen LogP contribution in [0.5, 0.6) is 0 Å². The Balaban J connectivity index is 2.46. The molecule has 2 unspecified atom stereocenters. The highest BCUT2D eigenvalue weighted by Gasteiger charge is 2.24. The number of likely N-dealkylation sites (tertiary alicyclic amines) is 1. The number of nitrogens with zero attached hydrogens (tertiary/aromatic N) is 1. The molecule has 1 fully saturated rings. The van der Waals surface area contributed by atoms with Crippen molar-refractivity contribution in [3.8, 4) is 0 Å². The minimum Gasteiger partial charge on any atom is -0.289 e. The summed E-state index contributed by atoms with van der Waals surface area (Å²) in [5.74, 6) is 1.26. The zero-order valence-electron chi connectivity index (χ0n) is 9.96. The Hall–Kier alpha value is 0.310. The molecule has 1 nitrogen and oxygen atoms in total. The number of hydrogen-bond donors (Lipinski definition) is 0. The van der Waals surface area contributed by atoms with Gasteiger partial charge in [-0.2, -0.15) is 0 Å². The van der Waals surface area contributed by atoms with Crippen LogP contribution in [0.1, 0.15) is 52.9 Å². The lowest BCUT2D eigenvalue weighted by Gasteiger charge is -2.39. The molecule has 0 bridgehead atoms. The second kappa shape index (κ2) is 6.73. The minimum absolute atomic E-state index is 0.792. The third-order valence-corrected chi connectivity index (χ3v) is 4.34. The molecule has 1 aliphatic heterocycles. The van der Waals surface area contributed by atoms with Gasteiger partial charge in [0.05, 0.1) is 5.37 Å². The highest BCUT2D eigenvalue weighted by atomic mass is 32.2. The normalized spacial score (nSPS) is 26.4. The van der Waals surface area contributed by atoms with E-state index < -0.39 is 0 Å². The van der Waals surface area contributed by atoms with E-state index in [-0.39, 0.29) is 0 Å². The Labute approximate surface area is 93.6 Å². The summed E-state index contributed by atoms with van der Waals surface area (Å²) in [5.41, 5.74) is 0. The standard InChI is InChI=1S/C12H25NS/c1-4-8-12(14-5-2)13-10-7-6-9-11(13)3/h11-12H,4-10H2,1-3H3. The van der Waals surface area contributed by atoms with Crippen LogP contribution in [-0.2, 0) is 0 Å². The van der Waals surface area contributed by atoms with Crippen molar-refractivity contribution >= 4 is 11.8 Å². The first-order chi connectivity index (χ1) is 6.79. The number of rotatable bonds is 5. The van der Waals surface area contributed by atoms with Crippen LogP contribution in [0.4, 0.5) is 0 Å². The molecular formula is C12H25NS. The molecule has 0 N–H and O–H groups in total. The fourth-order valence-electron chi connectivity index (χ4n) is 2.33. The molecule has 1 rings (SSSR count). The first-order valence-electron chi connectivity index (χ1n) is 6.17. The van der Waals surface area contributed by atoms with Gasteiger partial charge in [0, 0.05) is 6.04 Å². The summed E-state index contributed by atoms with van der Waals surface area (Å²) in [6.45, 7) is 8.32. The number of thioether (sulfide) groups is 1. The Morgan fingerprint density at radius 3 is 2.71 bits per heavy atom. The van der Waals surface area contributed by atoms with E-state index >= 15 is 0 Å². The van der Waals surface area contributed by atoms with Gasteiger partial charge in [-0.15, -0.1) is 11.8 Å². The monoisotopic (exact) mass is 215 g/mol. The third-order valence-electron chi connectivity index (χ3n) is 3.12. The summed E-state index contributed by atoms with van der Waals surface area (Å²) in [5, 5.41) is 0.792. The van der Waals surface area contributed by atoms with Gasteiger partial charge in [0.25, 0.3) is 0 Å². The fourth-order valence-corrected chi connectivity index (χ4v) is 3.62. The largest absolute Gasteiger partial charge is 0.289 e. The predicted molar refractivity (Wildman–Crippen MR) is 66.8 cm³/mol. The summed E-state index contributed by atoms with van der Waals surface area (Å²) in [7, 11) is 0. The lowest BCUT2D eigenvalue weighted by molar-refractivity contribution is 0.142. The zero-order valence-corrected chi connectivity index (χ0v) is 10.8. The Morgan fingerprint density at radius 2 is 2.14 bits per heavy atom. The first-order valence-corrected chi connectivity index (χ1v) is 7.21. The van der Waals surface area contributed by atoms with Crippen molar-refractivity contribution in [3.05, 3.63) is 0 Å². The van der Waals surface area contributed by atoms with Crippen LogP contribution in [0, 0.1) is 0 Å². The second-order valence-electron chi connectivity index (χ2n) is 4.28. The van der Waals surface area contributed by atoms with E-state index in [9.17, 15) is 0 Å². The van der Waals surface area contributed by atoms with Gasteiger partial charge in [0.2, 0.25) is 0 Å². The van der Waals surface area contributed by atoms with Crippen LogP contribution in [0.25, 0.3) is 0 Å². The molecule has 0 spiro atoms. The number of piperidine rings is 1. The molecule has 0 saturated carbocycles. The van der Waals surface area contributed by atoms with Crippen molar-refractivity contribution < 1.29 is 0 Å². The van der Waals surface area contributed by atoms with E-state index in [1.165, 1.54) is 44.4 Å². The summed E-state index contributed by atoms with van der Waals surface area (Å²) in [6, 6.07) is 0.819. The van der Waals surface area contributed by atoms with Gasteiger partial charge in [-0.1, -0.05) is 26.7 Å². The van der Waals surface area contributed by atoms with E-state index in [0.717, 1.165) is 11.4 Å². The quantitative estimate of drug-likeness (QED) is 0.687. The Bertz CT molecular complexity index is 143. The highest BCUT2D eigenvalue weighted by molar-refractivity contribution is 7.99. The van der Waals surface area contributed by atoms with E-state index in [2.05, 4.69) is 37.4 Å². The van der Waals surface area contributed by atoms with Crippen LogP contribution >= 0.6 is 11.8 Å². The van der Waals surface area contributed by atoms with Crippen LogP contribution in [0.3, 0.4) is 0 Å². The van der Waals surface area contributed by atoms with Gasteiger partial charge in [0.1, 0.15) is 0 Å². The molecule has 84 valence electrons. The maximum atomic E-state index is 2.74. The Kier molecular flexibility index (Phi) is 5.95. The molecule has 0 radical (unpaired) electrons. The van der Waals surface area contributed by atoms with Crippen LogP contribution in [-0.4, -0.2) is 28.6 Å². The maximum Gasteiger partial charge on any atom is 0.0559 e. The molecule has 0 amide bonds. The van der Waals surface area contributed by atoms with Crippen molar-refractivity contribution in [1.29, 1.82) is 0 Å². The van der Waals surface area contributed by atoms with Gasteiger partial charge >= 0.3 is 0 Å². The SMILES string of the molecule is CCCC(SCC)N1CCCCC1C. The maximum absolute atomic E-state index is 2.74. The molecule has 2 atom stereocenters. The molecule has 0 aromatic rings. The van der Waals surface area contributed by atoms with Crippen LogP contribution in [0.15, 0.2) is 0 Å². The lowest BCUT2D eigenvalue weighted by Crippen LogP contribution is -2.43. The third kappa shape index (κ3) is 3.47. The summed E-state index contributed by atoms with van der Waals surface area (Å²) >= 11 is 2.14. The van der Waals surface area contributed by atoms with E-state index in [1.54, 1.807) is 0 Å². The Morgan fingerprint density at radius 1 is 1.36 bits per heavy atom. The average molecular weight is 215 g/mol. The van der Waals surface area contributed by atoms with Crippen molar-refractivity contribution in [2.24, 2.45) is 0 Å². The molecule has 0 aliphatic carbocycles. The predicted octanol–water partition coefficient (Wildman–Crippen LogP) is 3.74. The van der Waals surface area contributed by atoms with Crippen molar-refractivity contribution in [1.82, 2.24) is 4.90 Å². The van der Waals surface area contributed by atoms with E-state index in [1.807, 2.05) is 0 Å². The van der Waals surface area contributed by atoms with E-state index in [4.69, 9.17) is 0 Å². The van der Waals surface area contributed by atoms with Crippen molar-refractivity contribution in [3.63, 3.8) is 0 Å². The summed E-state index contributed by atoms with van der Waals surface area (Å²) < 4.78 is 0. The topological polar surface area (TPSA) is 3.24 Å². The first kappa shape index (κ1) is 12.4. The van der Waals surface area contributed by atoms with Gasteiger partial charge < -0.3 is 0 Å². The van der Waals surface area contributed by atoms with Gasteiger partial charge in [-0.3, -0.25) is 4.90 Å². The van der Waals surface area contributed by atoms with Gasteiger partial charge in [0.15, 0.2) is 0 Å². The molecule has 0 aromatic heterocycles. The molecule has 0 aromatic carbocycles. The van der Waals surface area contributed by atoms with Crippen molar-refractivity contribution in [2.75, 3.05) is 12.3 Å². The zero-order chi connectivity index (χ0) is 10.4.